The average molecular weight is 312 g/mol. The van der Waals surface area contributed by atoms with Gasteiger partial charge < -0.3 is 10.1 Å². The van der Waals surface area contributed by atoms with Crippen LogP contribution in [0.15, 0.2) is 12.1 Å². The van der Waals surface area contributed by atoms with Crippen molar-refractivity contribution in [2.24, 2.45) is 0 Å². The van der Waals surface area contributed by atoms with E-state index in [4.69, 9.17) is 16.3 Å². The van der Waals surface area contributed by atoms with Gasteiger partial charge in [-0.2, -0.15) is 0 Å². The Morgan fingerprint density at radius 3 is 2.71 bits per heavy atom. The molecular weight excluding hydrogens is 293 g/mol. The molecule has 0 aliphatic carbocycles. The van der Waals surface area contributed by atoms with Crippen molar-refractivity contribution in [3.8, 4) is 11.8 Å². The molecule has 1 aromatic rings. The van der Waals surface area contributed by atoms with E-state index in [9.17, 15) is 9.18 Å². The minimum Gasteiger partial charge on any atom is -0.444 e. The standard InChI is InChI=1S/C16H19ClFNO2/c1-11-9-14(18)12(10-13(11)17)7-5-6-8-19-15(20)21-16(2,3)4/h9-10H,6,8H2,1-4H3,(H,19,20). The highest BCUT2D eigenvalue weighted by molar-refractivity contribution is 6.31. The first-order chi connectivity index (χ1) is 9.69. The Bertz CT molecular complexity index is 582. The summed E-state index contributed by atoms with van der Waals surface area (Å²) in [6.45, 7) is 7.43. The Labute approximate surface area is 129 Å². The maximum absolute atomic E-state index is 13.6. The SMILES string of the molecule is Cc1cc(F)c(C#CCCNC(=O)OC(C)(C)C)cc1Cl. The van der Waals surface area contributed by atoms with Crippen LogP contribution in [0.2, 0.25) is 5.02 Å². The number of halogens is 2. The fraction of sp³-hybridized carbons (Fsp3) is 0.438. The van der Waals surface area contributed by atoms with Gasteiger partial charge in [0.15, 0.2) is 0 Å². The van der Waals surface area contributed by atoms with E-state index in [0.29, 0.717) is 23.6 Å². The van der Waals surface area contributed by atoms with E-state index < -0.39 is 17.5 Å². The summed E-state index contributed by atoms with van der Waals surface area (Å²) in [5, 5.41) is 3.06. The maximum Gasteiger partial charge on any atom is 0.407 e. The number of carbonyl (C=O) groups is 1. The molecule has 0 heterocycles. The molecule has 0 aromatic heterocycles. The molecule has 114 valence electrons. The predicted molar refractivity (Wildman–Crippen MR) is 81.9 cm³/mol. The fourth-order valence-electron chi connectivity index (χ4n) is 1.44. The molecule has 1 N–H and O–H groups in total. The molecule has 0 aliphatic heterocycles. The van der Waals surface area contributed by atoms with Crippen molar-refractivity contribution in [3.63, 3.8) is 0 Å². The van der Waals surface area contributed by atoms with E-state index in [-0.39, 0.29) is 5.56 Å². The first-order valence-electron chi connectivity index (χ1n) is 6.60. The molecule has 0 aliphatic rings. The molecule has 5 heteroatoms. The van der Waals surface area contributed by atoms with Gasteiger partial charge in [0.25, 0.3) is 0 Å². The van der Waals surface area contributed by atoms with Gasteiger partial charge in [-0.05, 0) is 45.4 Å². The summed E-state index contributed by atoms with van der Waals surface area (Å²) in [6, 6.07) is 2.85. The molecule has 1 aromatic carbocycles. The Kier molecular flexibility index (Phi) is 6.04. The summed E-state index contributed by atoms with van der Waals surface area (Å²) in [5.41, 5.74) is 0.395. The van der Waals surface area contributed by atoms with Crippen LogP contribution in [0.25, 0.3) is 0 Å². The molecule has 0 atom stereocenters. The molecule has 1 amide bonds. The monoisotopic (exact) mass is 311 g/mol. The molecule has 0 unspecified atom stereocenters. The van der Waals surface area contributed by atoms with Gasteiger partial charge in [-0.1, -0.05) is 23.4 Å². The van der Waals surface area contributed by atoms with Crippen molar-refractivity contribution in [1.82, 2.24) is 5.32 Å². The van der Waals surface area contributed by atoms with E-state index in [1.165, 1.54) is 12.1 Å². The summed E-state index contributed by atoms with van der Waals surface area (Å²) in [6.07, 6.45) is -0.0988. The van der Waals surface area contributed by atoms with Gasteiger partial charge in [-0.15, -0.1) is 0 Å². The zero-order chi connectivity index (χ0) is 16.0. The molecule has 0 saturated carbocycles. The highest BCUT2D eigenvalue weighted by Crippen LogP contribution is 2.19. The van der Waals surface area contributed by atoms with Gasteiger partial charge in [-0.25, -0.2) is 9.18 Å². The Morgan fingerprint density at radius 1 is 1.43 bits per heavy atom. The second-order valence-electron chi connectivity index (χ2n) is 5.56. The molecular formula is C16H19ClFNO2. The number of ether oxygens (including phenoxy) is 1. The van der Waals surface area contributed by atoms with Crippen molar-refractivity contribution in [1.29, 1.82) is 0 Å². The Hall–Kier alpha value is -1.73. The lowest BCUT2D eigenvalue weighted by molar-refractivity contribution is 0.0529. The molecule has 0 bridgehead atoms. The highest BCUT2D eigenvalue weighted by atomic mass is 35.5. The maximum atomic E-state index is 13.6. The molecule has 0 fully saturated rings. The summed E-state index contributed by atoms with van der Waals surface area (Å²) >= 11 is 5.92. The van der Waals surface area contributed by atoms with Gasteiger partial charge >= 0.3 is 6.09 Å². The molecule has 1 rings (SSSR count). The van der Waals surface area contributed by atoms with Crippen molar-refractivity contribution in [2.75, 3.05) is 6.54 Å². The second kappa shape index (κ2) is 7.33. The number of benzene rings is 1. The number of aryl methyl sites for hydroxylation is 1. The lowest BCUT2D eigenvalue weighted by Gasteiger charge is -2.19. The van der Waals surface area contributed by atoms with Crippen LogP contribution in [-0.4, -0.2) is 18.2 Å². The van der Waals surface area contributed by atoms with Crippen LogP contribution in [0.1, 0.15) is 38.3 Å². The number of hydrogen-bond donors (Lipinski definition) is 1. The largest absolute Gasteiger partial charge is 0.444 e. The third kappa shape index (κ3) is 6.50. The first kappa shape index (κ1) is 17.3. The topological polar surface area (TPSA) is 38.3 Å². The third-order valence-electron chi connectivity index (χ3n) is 2.39. The summed E-state index contributed by atoms with van der Waals surface area (Å²) in [4.78, 5) is 11.4. The van der Waals surface area contributed by atoms with Crippen molar-refractivity contribution < 1.29 is 13.9 Å². The zero-order valence-corrected chi connectivity index (χ0v) is 13.4. The highest BCUT2D eigenvalue weighted by Gasteiger charge is 2.15. The predicted octanol–water partition coefficient (Wildman–Crippen LogP) is 4.05. The van der Waals surface area contributed by atoms with E-state index in [2.05, 4.69) is 17.2 Å². The zero-order valence-electron chi connectivity index (χ0n) is 12.6. The van der Waals surface area contributed by atoms with Gasteiger partial charge in [0.05, 0.1) is 5.56 Å². The van der Waals surface area contributed by atoms with Crippen LogP contribution in [0, 0.1) is 24.6 Å². The van der Waals surface area contributed by atoms with Crippen molar-refractivity contribution in [3.05, 3.63) is 34.1 Å². The minimum atomic E-state index is -0.530. The number of hydrogen-bond acceptors (Lipinski definition) is 2. The Balaban J connectivity index is 2.48. The lowest BCUT2D eigenvalue weighted by Crippen LogP contribution is -2.32. The molecule has 3 nitrogen and oxygen atoms in total. The number of rotatable bonds is 2. The smallest absolute Gasteiger partial charge is 0.407 e. The van der Waals surface area contributed by atoms with Gasteiger partial charge in [0.1, 0.15) is 11.4 Å². The number of alkyl carbamates (subject to hydrolysis) is 1. The Morgan fingerprint density at radius 2 is 2.10 bits per heavy atom. The van der Waals surface area contributed by atoms with E-state index in [0.717, 1.165) is 0 Å². The van der Waals surface area contributed by atoms with Crippen molar-refractivity contribution >= 4 is 17.7 Å². The van der Waals surface area contributed by atoms with Gasteiger partial charge in [0, 0.05) is 18.0 Å². The molecule has 0 spiro atoms. The number of amides is 1. The van der Waals surface area contributed by atoms with Crippen LogP contribution in [-0.2, 0) is 4.74 Å². The average Bonchev–Trinajstić information content (AvgIpc) is 2.32. The van der Waals surface area contributed by atoms with Gasteiger partial charge in [0.2, 0.25) is 0 Å². The summed E-state index contributed by atoms with van der Waals surface area (Å²) in [5.74, 6) is 5.09. The summed E-state index contributed by atoms with van der Waals surface area (Å²) in [7, 11) is 0. The quantitative estimate of drug-likeness (QED) is 0.661. The van der Waals surface area contributed by atoms with Crippen LogP contribution in [0.5, 0.6) is 0 Å². The number of nitrogens with one attached hydrogen (secondary N) is 1. The molecule has 0 saturated heterocycles. The van der Waals surface area contributed by atoms with E-state index >= 15 is 0 Å². The van der Waals surface area contributed by atoms with Crippen LogP contribution in [0.4, 0.5) is 9.18 Å². The number of carbonyl (C=O) groups excluding carboxylic acids is 1. The van der Waals surface area contributed by atoms with Crippen LogP contribution >= 0.6 is 11.6 Å². The second-order valence-corrected chi connectivity index (χ2v) is 5.97. The normalized spacial score (nSPS) is 10.6. The first-order valence-corrected chi connectivity index (χ1v) is 6.98. The van der Waals surface area contributed by atoms with Gasteiger partial charge in [-0.3, -0.25) is 0 Å². The van der Waals surface area contributed by atoms with Crippen LogP contribution < -0.4 is 5.32 Å². The summed E-state index contributed by atoms with van der Waals surface area (Å²) < 4.78 is 18.7. The fourth-order valence-corrected chi connectivity index (χ4v) is 1.60. The molecule has 21 heavy (non-hydrogen) atoms. The van der Waals surface area contributed by atoms with E-state index in [1.807, 2.05) is 0 Å². The third-order valence-corrected chi connectivity index (χ3v) is 2.80. The van der Waals surface area contributed by atoms with Crippen molar-refractivity contribution in [2.45, 2.75) is 39.7 Å². The lowest BCUT2D eigenvalue weighted by atomic mass is 10.1. The minimum absolute atomic E-state index is 0.253. The molecule has 0 radical (unpaired) electrons. The van der Waals surface area contributed by atoms with E-state index in [1.54, 1.807) is 27.7 Å². The van der Waals surface area contributed by atoms with Crippen LogP contribution in [0.3, 0.4) is 0 Å².